The van der Waals surface area contributed by atoms with E-state index in [9.17, 15) is 9.59 Å². The molecule has 0 unspecified atom stereocenters. The van der Waals surface area contributed by atoms with E-state index in [1.165, 1.54) is 17.0 Å². The summed E-state index contributed by atoms with van der Waals surface area (Å²) in [4.78, 5) is 30.4. The van der Waals surface area contributed by atoms with Gasteiger partial charge < -0.3 is 15.5 Å². The van der Waals surface area contributed by atoms with Crippen molar-refractivity contribution in [2.24, 2.45) is 0 Å². The van der Waals surface area contributed by atoms with Crippen molar-refractivity contribution < 1.29 is 19.8 Å². The molecule has 2 aromatic heterocycles. The van der Waals surface area contributed by atoms with E-state index in [1.807, 2.05) is 0 Å². The van der Waals surface area contributed by atoms with Gasteiger partial charge in [-0.15, -0.1) is 0 Å². The van der Waals surface area contributed by atoms with Crippen LogP contribution >= 0.6 is 0 Å². The molecule has 100 valence electrons. The minimum atomic E-state index is -1.36. The number of aromatic nitrogens is 4. The van der Waals surface area contributed by atoms with Gasteiger partial charge in [-0.1, -0.05) is 0 Å². The van der Waals surface area contributed by atoms with E-state index in [2.05, 4.69) is 20.4 Å². The number of aliphatic hydroxyl groups excluding tert-OH is 1. The van der Waals surface area contributed by atoms with Crippen molar-refractivity contribution in [3.05, 3.63) is 23.8 Å². The normalized spacial score (nSPS) is 12.3. The van der Waals surface area contributed by atoms with Gasteiger partial charge in [0.15, 0.2) is 6.04 Å². The quantitative estimate of drug-likeness (QED) is 0.620. The molecule has 0 aliphatic heterocycles. The molecule has 3 N–H and O–H groups in total. The molecule has 1 amide bonds. The first-order valence-corrected chi connectivity index (χ1v) is 5.34. The van der Waals surface area contributed by atoms with Crippen LogP contribution in [0.15, 0.2) is 12.5 Å². The molecule has 2 rings (SSSR count). The fraction of sp³-hybridized carbons (Fsp3) is 0.300. The first-order valence-electron chi connectivity index (χ1n) is 5.34. The van der Waals surface area contributed by atoms with E-state index < -0.39 is 24.5 Å². The summed E-state index contributed by atoms with van der Waals surface area (Å²) in [6.45, 7) is 0.937. The molecule has 2 aromatic rings. The maximum Gasteiger partial charge on any atom is 0.328 e. The Bertz CT molecular complexity index is 638. The number of carboxylic acids is 1. The standard InChI is InChI=1S/C10H11N5O4/c1-5-6(2-11-10-12-4-13-15(5)10)8(17)14-7(3-16)9(18)19/h2,4,7,16H,3H2,1H3,(H,14,17)(H,18,19)/t7-/m1/s1. The Morgan fingerprint density at radius 1 is 1.47 bits per heavy atom. The van der Waals surface area contributed by atoms with Crippen LogP contribution in [0, 0.1) is 6.92 Å². The summed E-state index contributed by atoms with van der Waals surface area (Å²) in [5.74, 6) is -1.63. The molecule has 0 saturated heterocycles. The van der Waals surface area contributed by atoms with E-state index in [-0.39, 0.29) is 5.56 Å². The van der Waals surface area contributed by atoms with Gasteiger partial charge >= 0.3 is 5.97 Å². The lowest BCUT2D eigenvalue weighted by Gasteiger charge is -2.12. The first kappa shape index (κ1) is 12.9. The molecular weight excluding hydrogens is 254 g/mol. The Labute approximate surface area is 106 Å². The molecule has 0 radical (unpaired) electrons. The van der Waals surface area contributed by atoms with E-state index in [4.69, 9.17) is 10.2 Å². The average Bonchev–Trinajstić information content (AvgIpc) is 2.84. The lowest BCUT2D eigenvalue weighted by Crippen LogP contribution is -2.43. The second-order valence-electron chi connectivity index (χ2n) is 3.78. The summed E-state index contributed by atoms with van der Waals surface area (Å²) < 4.78 is 1.36. The fourth-order valence-corrected chi connectivity index (χ4v) is 1.53. The maximum atomic E-state index is 11.9. The lowest BCUT2D eigenvalue weighted by molar-refractivity contribution is -0.140. The minimum absolute atomic E-state index is 0.165. The summed E-state index contributed by atoms with van der Waals surface area (Å²) >= 11 is 0. The first-order chi connectivity index (χ1) is 9.04. The fourth-order valence-electron chi connectivity index (χ4n) is 1.53. The number of carbonyl (C=O) groups excluding carboxylic acids is 1. The third kappa shape index (κ3) is 2.36. The number of hydrogen-bond acceptors (Lipinski definition) is 6. The number of carboxylic acid groups (broad SMARTS) is 1. The van der Waals surface area contributed by atoms with Gasteiger partial charge in [-0.05, 0) is 6.92 Å². The molecule has 0 spiro atoms. The van der Waals surface area contributed by atoms with Gasteiger partial charge in [0.2, 0.25) is 0 Å². The largest absolute Gasteiger partial charge is 0.480 e. The number of fused-ring (bicyclic) bond motifs is 1. The van der Waals surface area contributed by atoms with Crippen molar-refractivity contribution in [1.29, 1.82) is 0 Å². The Balaban J connectivity index is 2.31. The van der Waals surface area contributed by atoms with Crippen molar-refractivity contribution >= 4 is 17.7 Å². The zero-order valence-electron chi connectivity index (χ0n) is 9.94. The Morgan fingerprint density at radius 2 is 2.21 bits per heavy atom. The van der Waals surface area contributed by atoms with Gasteiger partial charge in [0.1, 0.15) is 6.33 Å². The second kappa shape index (κ2) is 4.98. The predicted molar refractivity (Wildman–Crippen MR) is 61.5 cm³/mol. The van der Waals surface area contributed by atoms with Gasteiger partial charge in [-0.3, -0.25) is 4.79 Å². The third-order valence-electron chi connectivity index (χ3n) is 2.58. The molecule has 9 nitrogen and oxygen atoms in total. The van der Waals surface area contributed by atoms with Crippen LogP contribution in [0.25, 0.3) is 5.78 Å². The highest BCUT2D eigenvalue weighted by Gasteiger charge is 2.21. The number of aliphatic hydroxyl groups is 1. The van der Waals surface area contributed by atoms with Crippen molar-refractivity contribution in [3.8, 4) is 0 Å². The van der Waals surface area contributed by atoms with Crippen molar-refractivity contribution in [3.63, 3.8) is 0 Å². The molecule has 1 atom stereocenters. The van der Waals surface area contributed by atoms with Crippen molar-refractivity contribution in [2.75, 3.05) is 6.61 Å². The number of nitrogens with one attached hydrogen (secondary N) is 1. The van der Waals surface area contributed by atoms with Gasteiger partial charge in [0.25, 0.3) is 11.7 Å². The summed E-state index contributed by atoms with van der Waals surface area (Å²) in [5, 5.41) is 23.7. The lowest BCUT2D eigenvalue weighted by atomic mass is 10.2. The predicted octanol–water partition coefficient (Wildman–Crippen LogP) is -1.39. The molecule has 0 bridgehead atoms. The number of carbonyl (C=O) groups is 2. The third-order valence-corrected chi connectivity index (χ3v) is 2.58. The van der Waals surface area contributed by atoms with E-state index >= 15 is 0 Å². The Morgan fingerprint density at radius 3 is 2.84 bits per heavy atom. The summed E-state index contributed by atoms with van der Waals surface area (Å²) in [7, 11) is 0. The molecule has 0 aliphatic carbocycles. The molecule has 19 heavy (non-hydrogen) atoms. The molecule has 0 saturated carbocycles. The summed E-state index contributed by atoms with van der Waals surface area (Å²) in [6.07, 6.45) is 2.58. The van der Waals surface area contributed by atoms with Gasteiger partial charge in [0, 0.05) is 6.20 Å². The van der Waals surface area contributed by atoms with Gasteiger partial charge in [0.05, 0.1) is 17.9 Å². The van der Waals surface area contributed by atoms with E-state index in [0.717, 1.165) is 0 Å². The molecule has 0 fully saturated rings. The minimum Gasteiger partial charge on any atom is -0.480 e. The SMILES string of the molecule is Cc1c(C(=O)N[C@H](CO)C(=O)O)cnc2ncnn12. The highest BCUT2D eigenvalue weighted by atomic mass is 16.4. The van der Waals surface area contributed by atoms with Gasteiger partial charge in [-0.25, -0.2) is 14.3 Å². The molecular formula is C10H11N5O4. The average molecular weight is 265 g/mol. The summed E-state index contributed by atoms with van der Waals surface area (Å²) in [5.41, 5.74) is 0.639. The second-order valence-corrected chi connectivity index (χ2v) is 3.78. The molecule has 2 heterocycles. The zero-order chi connectivity index (χ0) is 14.0. The van der Waals surface area contributed by atoms with Crippen LogP contribution in [0.3, 0.4) is 0 Å². The molecule has 0 aliphatic rings. The van der Waals surface area contributed by atoms with Crippen LogP contribution in [0.4, 0.5) is 0 Å². The van der Waals surface area contributed by atoms with Crippen LogP contribution in [0.5, 0.6) is 0 Å². The zero-order valence-corrected chi connectivity index (χ0v) is 9.94. The number of aliphatic carboxylic acids is 1. The highest BCUT2D eigenvalue weighted by Crippen LogP contribution is 2.07. The van der Waals surface area contributed by atoms with E-state index in [1.54, 1.807) is 6.92 Å². The van der Waals surface area contributed by atoms with Crippen LogP contribution in [-0.2, 0) is 4.79 Å². The number of nitrogens with zero attached hydrogens (tertiary/aromatic N) is 4. The number of hydrogen-bond donors (Lipinski definition) is 3. The van der Waals surface area contributed by atoms with E-state index in [0.29, 0.717) is 11.5 Å². The van der Waals surface area contributed by atoms with Crippen LogP contribution < -0.4 is 5.32 Å². The van der Waals surface area contributed by atoms with Crippen LogP contribution in [-0.4, -0.2) is 54.3 Å². The van der Waals surface area contributed by atoms with Crippen LogP contribution in [0.2, 0.25) is 0 Å². The topological polar surface area (TPSA) is 130 Å². The smallest absolute Gasteiger partial charge is 0.328 e. The number of amides is 1. The van der Waals surface area contributed by atoms with Crippen LogP contribution in [0.1, 0.15) is 16.1 Å². The highest BCUT2D eigenvalue weighted by molar-refractivity contribution is 5.97. The van der Waals surface area contributed by atoms with Crippen molar-refractivity contribution in [2.45, 2.75) is 13.0 Å². The monoisotopic (exact) mass is 265 g/mol. The van der Waals surface area contributed by atoms with Gasteiger partial charge in [-0.2, -0.15) is 10.1 Å². The Kier molecular flexibility index (Phi) is 3.38. The number of aryl methyl sites for hydroxylation is 1. The molecule has 0 aromatic carbocycles. The van der Waals surface area contributed by atoms with Crippen molar-refractivity contribution in [1.82, 2.24) is 24.9 Å². The molecule has 9 heteroatoms. The maximum absolute atomic E-state index is 11.9. The number of rotatable bonds is 4. The summed E-state index contributed by atoms with van der Waals surface area (Å²) in [6, 6.07) is -1.36. The Hall–Kier alpha value is -2.55.